The molecule has 0 heterocycles. The van der Waals surface area contributed by atoms with E-state index in [1.807, 2.05) is 20.8 Å². The maximum absolute atomic E-state index is 11.8. The lowest BCUT2D eigenvalue weighted by Crippen LogP contribution is -2.36. The minimum Gasteiger partial charge on any atom is -0.385 e. The number of hydrogen-bond acceptors (Lipinski definition) is 4. The molecule has 0 aromatic rings. The third-order valence-corrected chi connectivity index (χ3v) is 4.43. The fraction of sp³-hybridized carbons (Fsp3) is 1.00. The summed E-state index contributed by atoms with van der Waals surface area (Å²) in [7, 11) is -1.49. The molecule has 0 fully saturated rings. The average Bonchev–Trinajstić information content (AvgIpc) is 2.34. The molecule has 116 valence electrons. The fourth-order valence-electron chi connectivity index (χ4n) is 1.56. The molecule has 0 saturated heterocycles. The molecule has 0 aromatic heterocycles. The number of rotatable bonds is 12. The van der Waals surface area contributed by atoms with Crippen molar-refractivity contribution < 1.29 is 13.2 Å². The highest BCUT2D eigenvalue weighted by Gasteiger charge is 2.20. The highest BCUT2D eigenvalue weighted by Crippen LogP contribution is 2.19. The van der Waals surface area contributed by atoms with Crippen molar-refractivity contribution in [2.45, 2.75) is 40.0 Å². The summed E-state index contributed by atoms with van der Waals surface area (Å²) in [6.07, 6.45) is 2.43. The van der Waals surface area contributed by atoms with Crippen LogP contribution in [0.15, 0.2) is 0 Å². The summed E-state index contributed by atoms with van der Waals surface area (Å²) in [5.41, 5.74) is -0.0765. The first-order valence-electron chi connectivity index (χ1n) is 7.00. The molecule has 0 aromatic carbocycles. The van der Waals surface area contributed by atoms with Crippen LogP contribution in [0.2, 0.25) is 0 Å². The molecule has 0 saturated carbocycles. The highest BCUT2D eigenvalue weighted by atomic mass is 32.2. The van der Waals surface area contributed by atoms with Crippen molar-refractivity contribution in [2.75, 3.05) is 39.1 Å². The second kappa shape index (κ2) is 9.69. The zero-order chi connectivity index (χ0) is 14.8. The van der Waals surface area contributed by atoms with E-state index in [1.54, 1.807) is 7.11 Å². The summed E-state index contributed by atoms with van der Waals surface area (Å²) in [4.78, 5) is 0. The molecular formula is C13H30N2O3S. The van der Waals surface area contributed by atoms with Crippen LogP contribution in [-0.2, 0) is 14.8 Å². The summed E-state index contributed by atoms with van der Waals surface area (Å²) in [6, 6.07) is 0. The third kappa shape index (κ3) is 11.4. The van der Waals surface area contributed by atoms with Gasteiger partial charge in [0.2, 0.25) is 10.0 Å². The topological polar surface area (TPSA) is 67.4 Å². The fourth-order valence-corrected chi connectivity index (χ4v) is 2.90. The van der Waals surface area contributed by atoms with Crippen molar-refractivity contribution in [1.29, 1.82) is 0 Å². The third-order valence-electron chi connectivity index (χ3n) is 3.02. The van der Waals surface area contributed by atoms with E-state index >= 15 is 0 Å². The van der Waals surface area contributed by atoms with Crippen molar-refractivity contribution in [3.8, 4) is 0 Å². The van der Waals surface area contributed by atoms with Crippen LogP contribution in [0.25, 0.3) is 0 Å². The predicted molar refractivity (Wildman–Crippen MR) is 79.8 cm³/mol. The lowest BCUT2D eigenvalue weighted by Gasteiger charge is -2.24. The van der Waals surface area contributed by atoms with Crippen molar-refractivity contribution in [2.24, 2.45) is 5.41 Å². The molecule has 0 amide bonds. The summed E-state index contributed by atoms with van der Waals surface area (Å²) >= 11 is 0. The van der Waals surface area contributed by atoms with Crippen LogP contribution in [0.5, 0.6) is 0 Å². The van der Waals surface area contributed by atoms with Crippen LogP contribution in [-0.4, -0.2) is 47.5 Å². The Hall–Kier alpha value is -0.170. The zero-order valence-electron chi connectivity index (χ0n) is 12.8. The standard InChI is InChI=1S/C13H30N2O3S/c1-5-14-9-6-7-11-19(16,17)15-12-13(2,3)8-10-18-4/h14-15H,5-12H2,1-4H3. The van der Waals surface area contributed by atoms with Gasteiger partial charge in [0, 0.05) is 20.3 Å². The van der Waals surface area contributed by atoms with E-state index in [-0.39, 0.29) is 11.2 Å². The number of unbranched alkanes of at least 4 members (excludes halogenated alkanes) is 1. The SMILES string of the molecule is CCNCCCCS(=O)(=O)NCC(C)(C)CCOC. The van der Waals surface area contributed by atoms with Gasteiger partial charge in [-0.25, -0.2) is 13.1 Å². The predicted octanol–water partition coefficient (Wildman–Crippen LogP) is 1.36. The molecule has 0 spiro atoms. The molecule has 0 aliphatic carbocycles. The largest absolute Gasteiger partial charge is 0.385 e. The van der Waals surface area contributed by atoms with Crippen LogP contribution in [0.4, 0.5) is 0 Å². The molecule has 6 heteroatoms. The Balaban J connectivity index is 3.89. The molecule has 0 unspecified atom stereocenters. The smallest absolute Gasteiger partial charge is 0.211 e. The molecule has 0 aliphatic rings. The van der Waals surface area contributed by atoms with Gasteiger partial charge in [-0.05, 0) is 37.8 Å². The van der Waals surface area contributed by atoms with E-state index in [4.69, 9.17) is 4.74 Å². The van der Waals surface area contributed by atoms with E-state index < -0.39 is 10.0 Å². The minimum atomic E-state index is -3.15. The second-order valence-corrected chi connectivity index (χ2v) is 7.53. The van der Waals surface area contributed by atoms with E-state index in [2.05, 4.69) is 10.0 Å². The summed E-state index contributed by atoms with van der Waals surface area (Å²) < 4.78 is 31.4. The van der Waals surface area contributed by atoms with Gasteiger partial charge in [-0.15, -0.1) is 0 Å². The molecule has 19 heavy (non-hydrogen) atoms. The monoisotopic (exact) mass is 294 g/mol. The van der Waals surface area contributed by atoms with Crippen molar-refractivity contribution in [3.63, 3.8) is 0 Å². The normalized spacial score (nSPS) is 12.8. The lowest BCUT2D eigenvalue weighted by molar-refractivity contribution is 0.153. The Morgan fingerprint density at radius 3 is 2.47 bits per heavy atom. The Morgan fingerprint density at radius 2 is 1.89 bits per heavy atom. The van der Waals surface area contributed by atoms with Gasteiger partial charge in [0.1, 0.15) is 0 Å². The highest BCUT2D eigenvalue weighted by molar-refractivity contribution is 7.89. The number of sulfonamides is 1. The van der Waals surface area contributed by atoms with Crippen LogP contribution in [0.3, 0.4) is 0 Å². The van der Waals surface area contributed by atoms with Gasteiger partial charge in [-0.3, -0.25) is 0 Å². The molecule has 0 radical (unpaired) electrons. The Kier molecular flexibility index (Phi) is 9.60. The van der Waals surface area contributed by atoms with Gasteiger partial charge in [0.25, 0.3) is 0 Å². The van der Waals surface area contributed by atoms with Crippen molar-refractivity contribution >= 4 is 10.0 Å². The van der Waals surface area contributed by atoms with Gasteiger partial charge < -0.3 is 10.1 Å². The second-order valence-electron chi connectivity index (χ2n) is 5.61. The maximum atomic E-state index is 11.8. The number of methoxy groups -OCH3 is 1. The molecule has 0 bridgehead atoms. The van der Waals surface area contributed by atoms with Gasteiger partial charge in [-0.1, -0.05) is 20.8 Å². The quantitative estimate of drug-likeness (QED) is 0.533. The maximum Gasteiger partial charge on any atom is 0.211 e. The van der Waals surface area contributed by atoms with Crippen LogP contribution >= 0.6 is 0 Å². The van der Waals surface area contributed by atoms with Crippen molar-refractivity contribution in [3.05, 3.63) is 0 Å². The van der Waals surface area contributed by atoms with Gasteiger partial charge in [0.05, 0.1) is 5.75 Å². The lowest BCUT2D eigenvalue weighted by atomic mass is 9.90. The Morgan fingerprint density at radius 1 is 1.21 bits per heavy atom. The molecular weight excluding hydrogens is 264 g/mol. The van der Waals surface area contributed by atoms with Crippen molar-refractivity contribution in [1.82, 2.24) is 10.0 Å². The van der Waals surface area contributed by atoms with Gasteiger partial charge in [-0.2, -0.15) is 0 Å². The Bertz CT molecular complexity index is 316. The summed E-state index contributed by atoms with van der Waals surface area (Å²) in [5.74, 6) is 0.207. The summed E-state index contributed by atoms with van der Waals surface area (Å²) in [6.45, 7) is 9.05. The zero-order valence-corrected chi connectivity index (χ0v) is 13.6. The van der Waals surface area contributed by atoms with E-state index in [1.165, 1.54) is 0 Å². The molecule has 0 rings (SSSR count). The molecule has 0 aliphatic heterocycles. The number of hydrogen-bond donors (Lipinski definition) is 2. The van der Waals surface area contributed by atoms with Gasteiger partial charge >= 0.3 is 0 Å². The first-order chi connectivity index (χ1) is 8.83. The number of ether oxygens (including phenoxy) is 1. The minimum absolute atomic E-state index is 0.0765. The molecule has 2 N–H and O–H groups in total. The molecule has 5 nitrogen and oxygen atoms in total. The van der Waals surface area contributed by atoms with E-state index in [9.17, 15) is 8.42 Å². The van der Waals surface area contributed by atoms with Crippen LogP contribution in [0.1, 0.15) is 40.0 Å². The number of nitrogens with one attached hydrogen (secondary N) is 2. The summed E-state index contributed by atoms with van der Waals surface area (Å²) in [5, 5.41) is 3.18. The van der Waals surface area contributed by atoms with Crippen LogP contribution in [0, 0.1) is 5.41 Å². The van der Waals surface area contributed by atoms with E-state index in [0.29, 0.717) is 19.6 Å². The average molecular weight is 294 g/mol. The molecule has 0 atom stereocenters. The van der Waals surface area contributed by atoms with Gasteiger partial charge in [0.15, 0.2) is 0 Å². The first-order valence-corrected chi connectivity index (χ1v) is 8.65. The van der Waals surface area contributed by atoms with Crippen LogP contribution < -0.4 is 10.0 Å². The first kappa shape index (κ1) is 18.8. The van der Waals surface area contributed by atoms with E-state index in [0.717, 1.165) is 25.9 Å². The Labute approximate surface area is 118 Å².